The molecule has 3 saturated heterocycles. The molecule has 1 aliphatic carbocycles. The van der Waals surface area contributed by atoms with Gasteiger partial charge in [0.25, 0.3) is 0 Å². The third-order valence-electron chi connectivity index (χ3n) is 3.59. The van der Waals surface area contributed by atoms with Crippen molar-refractivity contribution in [3.8, 4) is 0 Å². The molecule has 0 aromatic rings. The molecule has 0 radical (unpaired) electrons. The Bertz CT molecular complexity index is 606. The predicted molar refractivity (Wildman–Crippen MR) is 107 cm³/mol. The van der Waals surface area contributed by atoms with Gasteiger partial charge in [0.2, 0.25) is 0 Å². The molecule has 2 N–H and O–H groups in total. The minimum Gasteiger partial charge on any atom is -0.466 e. The summed E-state index contributed by atoms with van der Waals surface area (Å²) < 4.78 is 22.5. The molecule has 3 aliphatic heterocycles. The maximum atomic E-state index is 10.7. The number of hydrogen-bond acceptors (Lipinski definition) is 11. The molecule has 188 valence electrons. The van der Waals surface area contributed by atoms with Gasteiger partial charge in [-0.25, -0.2) is 24.0 Å². The third kappa shape index (κ3) is 19.1. The van der Waals surface area contributed by atoms with Crippen LogP contribution in [0, 0.1) is 0 Å². The first kappa shape index (κ1) is 29.6. The fourth-order valence-electron chi connectivity index (χ4n) is 1.80. The monoisotopic (exact) mass is 478 g/mol. The van der Waals surface area contributed by atoms with E-state index >= 15 is 0 Å². The Labute approximate surface area is 190 Å². The molecule has 0 aromatic heterocycles. The van der Waals surface area contributed by atoms with Gasteiger partial charge >= 0.3 is 36.0 Å². The lowest BCUT2D eigenvalue weighted by Crippen LogP contribution is -2.40. The van der Waals surface area contributed by atoms with E-state index in [1.54, 1.807) is 0 Å². The average molecular weight is 478 g/mol. The molecule has 1 saturated carbocycles. The SMILES string of the molecule is C1CC1.CC1OC(=O)C(C)OC1=O.O=C(O)O.O=C1CCCCCO1.O=C1COC(=O)CO1. The van der Waals surface area contributed by atoms with Gasteiger partial charge in [0.1, 0.15) is 0 Å². The van der Waals surface area contributed by atoms with Crippen LogP contribution in [-0.2, 0) is 47.7 Å². The van der Waals surface area contributed by atoms with Crippen LogP contribution in [0.5, 0.6) is 0 Å². The predicted octanol–water partition coefficient (Wildman–Crippen LogP) is 1.45. The number of hydrogen-bond donors (Lipinski definition) is 2. The van der Waals surface area contributed by atoms with Gasteiger partial charge in [-0.05, 0) is 33.1 Å². The second-order valence-corrected chi connectivity index (χ2v) is 6.85. The van der Waals surface area contributed by atoms with Crippen molar-refractivity contribution in [2.75, 3.05) is 19.8 Å². The Morgan fingerprint density at radius 3 is 1.42 bits per heavy atom. The van der Waals surface area contributed by atoms with Crippen molar-refractivity contribution in [1.82, 2.24) is 0 Å². The van der Waals surface area contributed by atoms with E-state index in [2.05, 4.69) is 18.9 Å². The summed E-state index contributed by atoms with van der Waals surface area (Å²) in [5, 5.41) is 13.9. The molecule has 13 nitrogen and oxygen atoms in total. The number of carbonyl (C=O) groups excluding carboxylic acids is 5. The van der Waals surface area contributed by atoms with Crippen molar-refractivity contribution in [2.45, 2.75) is 71.0 Å². The van der Waals surface area contributed by atoms with Crippen LogP contribution in [0.3, 0.4) is 0 Å². The first-order valence-corrected chi connectivity index (χ1v) is 10.3. The Hall–Kier alpha value is -3.38. The van der Waals surface area contributed by atoms with Gasteiger partial charge in [-0.3, -0.25) is 4.79 Å². The van der Waals surface area contributed by atoms with E-state index < -0.39 is 42.2 Å². The Morgan fingerprint density at radius 1 is 0.667 bits per heavy atom. The highest BCUT2D eigenvalue weighted by Crippen LogP contribution is 2.15. The quantitative estimate of drug-likeness (QED) is 0.376. The van der Waals surface area contributed by atoms with E-state index in [9.17, 15) is 24.0 Å². The van der Waals surface area contributed by atoms with Crippen molar-refractivity contribution in [3.05, 3.63) is 0 Å². The zero-order chi connectivity index (χ0) is 25.2. The summed E-state index contributed by atoms with van der Waals surface area (Å²) in [5.41, 5.74) is 0. The lowest BCUT2D eigenvalue weighted by atomic mass is 10.2. The van der Waals surface area contributed by atoms with Crippen molar-refractivity contribution in [1.29, 1.82) is 0 Å². The van der Waals surface area contributed by atoms with Gasteiger partial charge in [-0.15, -0.1) is 0 Å². The van der Waals surface area contributed by atoms with E-state index in [0.717, 1.165) is 19.3 Å². The van der Waals surface area contributed by atoms with E-state index in [1.807, 2.05) is 0 Å². The fraction of sp³-hybridized carbons (Fsp3) is 0.700. The Kier molecular flexibility index (Phi) is 15.4. The van der Waals surface area contributed by atoms with E-state index in [-0.39, 0.29) is 19.2 Å². The molecular formula is C20H30O13. The summed E-state index contributed by atoms with van der Waals surface area (Å²) in [4.78, 5) is 60.5. The highest BCUT2D eigenvalue weighted by atomic mass is 16.6. The van der Waals surface area contributed by atoms with Crippen molar-refractivity contribution in [3.63, 3.8) is 0 Å². The molecule has 0 amide bonds. The molecule has 13 heteroatoms. The van der Waals surface area contributed by atoms with E-state index in [0.29, 0.717) is 13.0 Å². The van der Waals surface area contributed by atoms with Crippen LogP contribution < -0.4 is 0 Å². The van der Waals surface area contributed by atoms with Gasteiger partial charge in [0, 0.05) is 6.42 Å². The van der Waals surface area contributed by atoms with Crippen molar-refractivity contribution >= 4 is 36.0 Å². The smallest absolute Gasteiger partial charge is 0.466 e. The van der Waals surface area contributed by atoms with Crippen LogP contribution in [0.2, 0.25) is 0 Å². The van der Waals surface area contributed by atoms with Gasteiger partial charge < -0.3 is 33.9 Å². The second-order valence-electron chi connectivity index (χ2n) is 6.85. The molecular weight excluding hydrogens is 448 g/mol. The maximum absolute atomic E-state index is 10.7. The summed E-state index contributed by atoms with van der Waals surface area (Å²) in [6, 6.07) is 0. The molecule has 0 spiro atoms. The maximum Gasteiger partial charge on any atom is 0.503 e. The summed E-state index contributed by atoms with van der Waals surface area (Å²) in [5.74, 6) is -1.95. The topological polar surface area (TPSA) is 189 Å². The largest absolute Gasteiger partial charge is 0.503 e. The van der Waals surface area contributed by atoms with Crippen LogP contribution in [0.4, 0.5) is 4.79 Å². The second kappa shape index (κ2) is 17.2. The minimum atomic E-state index is -1.83. The molecule has 4 fully saturated rings. The molecule has 2 unspecified atom stereocenters. The third-order valence-corrected chi connectivity index (χ3v) is 3.59. The molecule has 2 atom stereocenters. The number of ether oxygens (including phenoxy) is 5. The first-order valence-electron chi connectivity index (χ1n) is 10.3. The summed E-state index contributed by atoms with van der Waals surface area (Å²) in [7, 11) is 0. The van der Waals surface area contributed by atoms with Crippen LogP contribution in [0.15, 0.2) is 0 Å². The highest BCUT2D eigenvalue weighted by molar-refractivity contribution is 5.86. The van der Waals surface area contributed by atoms with E-state index in [4.69, 9.17) is 19.7 Å². The van der Waals surface area contributed by atoms with Gasteiger partial charge in [0.05, 0.1) is 6.61 Å². The van der Waals surface area contributed by atoms with Crippen LogP contribution >= 0.6 is 0 Å². The van der Waals surface area contributed by atoms with E-state index in [1.165, 1.54) is 33.1 Å². The molecule has 3 heterocycles. The lowest BCUT2D eigenvalue weighted by molar-refractivity contribution is -0.191. The zero-order valence-corrected chi connectivity index (χ0v) is 18.6. The fourth-order valence-corrected chi connectivity index (χ4v) is 1.80. The first-order chi connectivity index (χ1) is 15.5. The Morgan fingerprint density at radius 2 is 1.06 bits per heavy atom. The number of esters is 5. The average Bonchev–Trinajstić information content (AvgIpc) is 3.61. The summed E-state index contributed by atoms with van der Waals surface area (Å²) in [6.07, 6.45) is 5.00. The van der Waals surface area contributed by atoms with Crippen LogP contribution in [0.25, 0.3) is 0 Å². The highest BCUT2D eigenvalue weighted by Gasteiger charge is 2.32. The van der Waals surface area contributed by atoms with Gasteiger partial charge in [0.15, 0.2) is 25.4 Å². The molecule has 33 heavy (non-hydrogen) atoms. The molecule has 4 rings (SSSR count). The molecule has 4 aliphatic rings. The number of carboxylic acid groups (broad SMARTS) is 2. The zero-order valence-electron chi connectivity index (χ0n) is 18.6. The van der Waals surface area contributed by atoms with Crippen LogP contribution in [-0.4, -0.2) is 78.2 Å². The summed E-state index contributed by atoms with van der Waals surface area (Å²) >= 11 is 0. The number of cyclic esters (lactones) is 5. The summed E-state index contributed by atoms with van der Waals surface area (Å²) in [6.45, 7) is 3.12. The van der Waals surface area contributed by atoms with Gasteiger partial charge in [-0.2, -0.15) is 0 Å². The minimum absolute atomic E-state index is 0.0255. The number of carbonyl (C=O) groups is 6. The lowest BCUT2D eigenvalue weighted by Gasteiger charge is -2.22. The molecule has 0 aromatic carbocycles. The normalized spacial score (nSPS) is 22.9. The van der Waals surface area contributed by atoms with Crippen molar-refractivity contribution < 1.29 is 62.7 Å². The van der Waals surface area contributed by atoms with Gasteiger partial charge in [-0.1, -0.05) is 19.3 Å². The van der Waals surface area contributed by atoms with Crippen LogP contribution in [0.1, 0.15) is 58.8 Å². The standard InChI is InChI=1S/C6H8O4.C6H10O2.C4H4O4.C3H6.CH2O3/c1-3-5(7)10-4(2)6(8)9-3;7-6-4-2-1-3-5-8-6;5-3-1-7-4(6)2-8-3;1-2-3-1;2-1(3)4/h3-4H,1-2H3;1-5H2;1-2H2;1-3H2;(H2,2,3,4). The van der Waals surface area contributed by atoms with Crippen molar-refractivity contribution in [2.24, 2.45) is 0 Å². The molecule has 0 bridgehead atoms. The number of rotatable bonds is 0. The Balaban J connectivity index is 0.000000409.